The molecule has 26 heavy (non-hydrogen) atoms. The highest BCUT2D eigenvalue weighted by atomic mass is 79.9. The standard InChI is InChI=1S/C18H20BrFN2O3S/c1-4-22(5-2)26(24,25)14-7-8-16(20)15(11-14)18(23)21-17-9-6-13(19)10-12(17)3/h6-11H,4-5H2,1-3H3,(H,21,23). The molecule has 2 aromatic carbocycles. The maximum absolute atomic E-state index is 14.2. The Hall–Kier alpha value is -1.77. The Labute approximate surface area is 161 Å². The van der Waals surface area contributed by atoms with Crippen molar-refractivity contribution < 1.29 is 17.6 Å². The van der Waals surface area contributed by atoms with Crippen LogP contribution in [0, 0.1) is 12.7 Å². The second-order valence-corrected chi connectivity index (χ2v) is 8.50. The fraction of sp³-hybridized carbons (Fsp3) is 0.278. The van der Waals surface area contributed by atoms with Gasteiger partial charge in [-0.15, -0.1) is 0 Å². The van der Waals surface area contributed by atoms with Crippen molar-refractivity contribution in [3.8, 4) is 0 Å². The van der Waals surface area contributed by atoms with Crippen LogP contribution in [0.5, 0.6) is 0 Å². The lowest BCUT2D eigenvalue weighted by atomic mass is 10.1. The molecule has 0 aromatic heterocycles. The van der Waals surface area contributed by atoms with Gasteiger partial charge in [0.25, 0.3) is 5.91 Å². The molecule has 0 radical (unpaired) electrons. The molecule has 0 aliphatic rings. The minimum absolute atomic E-state index is 0.111. The van der Waals surface area contributed by atoms with Crippen LogP contribution in [0.3, 0.4) is 0 Å². The van der Waals surface area contributed by atoms with Gasteiger partial charge in [0.1, 0.15) is 5.82 Å². The number of amides is 1. The van der Waals surface area contributed by atoms with Crippen molar-refractivity contribution in [3.05, 3.63) is 57.8 Å². The summed E-state index contributed by atoms with van der Waals surface area (Å²) >= 11 is 3.33. The van der Waals surface area contributed by atoms with Gasteiger partial charge in [-0.1, -0.05) is 29.8 Å². The minimum Gasteiger partial charge on any atom is -0.322 e. The Morgan fingerprint density at radius 2 is 1.81 bits per heavy atom. The van der Waals surface area contributed by atoms with Gasteiger partial charge in [0.2, 0.25) is 10.0 Å². The lowest BCUT2D eigenvalue weighted by molar-refractivity contribution is 0.102. The maximum atomic E-state index is 14.2. The Balaban J connectivity index is 2.39. The first-order chi connectivity index (χ1) is 12.2. The van der Waals surface area contributed by atoms with E-state index in [0.29, 0.717) is 5.69 Å². The van der Waals surface area contributed by atoms with E-state index >= 15 is 0 Å². The van der Waals surface area contributed by atoms with Crippen molar-refractivity contribution in [2.24, 2.45) is 0 Å². The Morgan fingerprint density at radius 3 is 2.38 bits per heavy atom. The summed E-state index contributed by atoms with van der Waals surface area (Å²) in [6, 6.07) is 8.50. The highest BCUT2D eigenvalue weighted by Gasteiger charge is 2.24. The van der Waals surface area contributed by atoms with Crippen LogP contribution in [0.1, 0.15) is 29.8 Å². The number of carbonyl (C=O) groups excluding carboxylic acids is 1. The summed E-state index contributed by atoms with van der Waals surface area (Å²) in [5.41, 5.74) is 0.996. The zero-order chi connectivity index (χ0) is 19.5. The van der Waals surface area contributed by atoms with Crippen LogP contribution in [0.15, 0.2) is 45.8 Å². The second-order valence-electron chi connectivity index (χ2n) is 5.64. The van der Waals surface area contributed by atoms with E-state index in [1.807, 2.05) is 6.07 Å². The molecule has 0 aliphatic heterocycles. The van der Waals surface area contributed by atoms with E-state index in [4.69, 9.17) is 0 Å². The maximum Gasteiger partial charge on any atom is 0.258 e. The summed E-state index contributed by atoms with van der Waals surface area (Å²) in [4.78, 5) is 12.4. The van der Waals surface area contributed by atoms with Gasteiger partial charge in [-0.2, -0.15) is 4.31 Å². The third kappa shape index (κ3) is 4.31. The summed E-state index contributed by atoms with van der Waals surface area (Å²) in [6.45, 7) is 5.81. The molecule has 5 nitrogen and oxygen atoms in total. The smallest absolute Gasteiger partial charge is 0.258 e. The van der Waals surface area contributed by atoms with Crippen LogP contribution >= 0.6 is 15.9 Å². The van der Waals surface area contributed by atoms with Crippen LogP contribution in [-0.4, -0.2) is 31.7 Å². The first-order valence-corrected chi connectivity index (χ1v) is 10.3. The fourth-order valence-electron chi connectivity index (χ4n) is 2.51. The molecule has 0 spiro atoms. The molecule has 0 saturated heterocycles. The van der Waals surface area contributed by atoms with Crippen molar-refractivity contribution in [2.75, 3.05) is 18.4 Å². The minimum atomic E-state index is -3.78. The number of carbonyl (C=O) groups is 1. The molecule has 0 bridgehead atoms. The molecule has 0 heterocycles. The molecule has 0 aliphatic carbocycles. The van der Waals surface area contributed by atoms with Crippen molar-refractivity contribution in [1.82, 2.24) is 4.31 Å². The van der Waals surface area contributed by atoms with Crippen LogP contribution < -0.4 is 5.32 Å². The van der Waals surface area contributed by atoms with Gasteiger partial charge in [0.05, 0.1) is 10.5 Å². The number of nitrogens with one attached hydrogen (secondary N) is 1. The number of hydrogen-bond donors (Lipinski definition) is 1. The zero-order valence-electron chi connectivity index (χ0n) is 14.7. The monoisotopic (exact) mass is 442 g/mol. The van der Waals surface area contributed by atoms with Crippen molar-refractivity contribution >= 4 is 37.5 Å². The molecule has 1 amide bonds. The van der Waals surface area contributed by atoms with Gasteiger partial charge in [-0.05, 0) is 48.9 Å². The number of anilines is 1. The van der Waals surface area contributed by atoms with Crippen LogP contribution in [0.4, 0.5) is 10.1 Å². The van der Waals surface area contributed by atoms with E-state index in [9.17, 15) is 17.6 Å². The third-order valence-corrected chi connectivity index (χ3v) is 6.50. The lowest BCUT2D eigenvalue weighted by Gasteiger charge is -2.19. The summed E-state index contributed by atoms with van der Waals surface area (Å²) in [6.07, 6.45) is 0. The van der Waals surface area contributed by atoms with Gasteiger partial charge in [0.15, 0.2) is 0 Å². The van der Waals surface area contributed by atoms with Gasteiger partial charge < -0.3 is 5.32 Å². The molecule has 2 aromatic rings. The van der Waals surface area contributed by atoms with E-state index in [-0.39, 0.29) is 23.5 Å². The lowest BCUT2D eigenvalue weighted by Crippen LogP contribution is -2.31. The summed E-state index contributed by atoms with van der Waals surface area (Å²) in [5.74, 6) is -1.49. The number of nitrogens with zero attached hydrogens (tertiary/aromatic N) is 1. The van der Waals surface area contributed by atoms with Crippen LogP contribution in [0.2, 0.25) is 0 Å². The summed E-state index contributed by atoms with van der Waals surface area (Å²) in [5, 5.41) is 2.62. The van der Waals surface area contributed by atoms with Crippen molar-refractivity contribution in [3.63, 3.8) is 0 Å². The van der Waals surface area contributed by atoms with Crippen LogP contribution in [0.25, 0.3) is 0 Å². The molecule has 0 saturated carbocycles. The van der Waals surface area contributed by atoms with Crippen molar-refractivity contribution in [1.29, 1.82) is 0 Å². The third-order valence-electron chi connectivity index (χ3n) is 3.96. The zero-order valence-corrected chi connectivity index (χ0v) is 17.1. The van der Waals surface area contributed by atoms with Crippen LogP contribution in [-0.2, 0) is 10.0 Å². The quantitative estimate of drug-likeness (QED) is 0.729. The molecule has 0 unspecified atom stereocenters. The van der Waals surface area contributed by atoms with Gasteiger partial charge in [-0.3, -0.25) is 4.79 Å². The summed E-state index contributed by atoms with van der Waals surface area (Å²) < 4.78 is 41.5. The number of benzene rings is 2. The average Bonchev–Trinajstić information content (AvgIpc) is 2.58. The highest BCUT2D eigenvalue weighted by Crippen LogP contribution is 2.23. The Kier molecular flexibility index (Phi) is 6.54. The van der Waals surface area contributed by atoms with Gasteiger partial charge >= 0.3 is 0 Å². The van der Waals surface area contributed by atoms with E-state index in [0.717, 1.165) is 22.2 Å². The fourth-order valence-corrected chi connectivity index (χ4v) is 4.47. The first kappa shape index (κ1) is 20.5. The van der Waals surface area contributed by atoms with E-state index in [1.54, 1.807) is 32.9 Å². The predicted molar refractivity (Wildman–Crippen MR) is 103 cm³/mol. The van der Waals surface area contributed by atoms with E-state index in [1.165, 1.54) is 10.4 Å². The average molecular weight is 443 g/mol. The highest BCUT2D eigenvalue weighted by molar-refractivity contribution is 9.10. The van der Waals surface area contributed by atoms with Gasteiger partial charge in [-0.25, -0.2) is 12.8 Å². The van der Waals surface area contributed by atoms with E-state index < -0.39 is 21.7 Å². The number of sulfonamides is 1. The van der Waals surface area contributed by atoms with Crippen molar-refractivity contribution in [2.45, 2.75) is 25.7 Å². The molecule has 140 valence electrons. The molecule has 0 fully saturated rings. The number of aryl methyl sites for hydroxylation is 1. The molecule has 2 rings (SSSR count). The molecular weight excluding hydrogens is 423 g/mol. The molecule has 0 atom stereocenters. The number of rotatable bonds is 6. The largest absolute Gasteiger partial charge is 0.322 e. The normalized spacial score (nSPS) is 11.6. The van der Waals surface area contributed by atoms with Gasteiger partial charge in [0, 0.05) is 23.2 Å². The SMILES string of the molecule is CCN(CC)S(=O)(=O)c1ccc(F)c(C(=O)Nc2ccc(Br)cc2C)c1. The first-order valence-electron chi connectivity index (χ1n) is 8.07. The molecule has 8 heteroatoms. The molecular formula is C18H20BrFN2O3S. The number of halogens is 2. The Bertz CT molecular complexity index is 928. The van der Waals surface area contributed by atoms with E-state index in [2.05, 4.69) is 21.2 Å². The predicted octanol–water partition coefficient (Wildman–Crippen LogP) is 4.18. The molecule has 1 N–H and O–H groups in total. The topological polar surface area (TPSA) is 66.5 Å². The summed E-state index contributed by atoms with van der Waals surface area (Å²) in [7, 11) is -3.78. The Morgan fingerprint density at radius 1 is 1.15 bits per heavy atom. The second kappa shape index (κ2) is 8.28. The number of hydrogen-bond acceptors (Lipinski definition) is 3.